The summed E-state index contributed by atoms with van der Waals surface area (Å²) in [6.45, 7) is 1.88. The van der Waals surface area contributed by atoms with Crippen LogP contribution in [-0.2, 0) is 4.79 Å². The van der Waals surface area contributed by atoms with Gasteiger partial charge in [0.1, 0.15) is 0 Å². The first-order valence-corrected chi connectivity index (χ1v) is 7.60. The van der Waals surface area contributed by atoms with Crippen molar-refractivity contribution in [3.63, 3.8) is 0 Å². The molecule has 110 valence electrons. The third-order valence-corrected chi connectivity index (χ3v) is 3.49. The summed E-state index contributed by atoms with van der Waals surface area (Å²) in [5, 5.41) is 12.3. The van der Waals surface area contributed by atoms with Crippen molar-refractivity contribution in [1.29, 1.82) is 0 Å². The number of aromatic nitrogens is 2. The van der Waals surface area contributed by atoms with Gasteiger partial charge in [0, 0.05) is 18.3 Å². The lowest BCUT2D eigenvalue weighted by molar-refractivity contribution is -0.118. The molecular weight excluding hydrogens is 286 g/mol. The van der Waals surface area contributed by atoms with Crippen molar-refractivity contribution >= 4 is 17.7 Å². The monoisotopic (exact) mass is 303 g/mol. The van der Waals surface area contributed by atoms with Crippen molar-refractivity contribution in [2.75, 3.05) is 12.3 Å². The van der Waals surface area contributed by atoms with Gasteiger partial charge >= 0.3 is 0 Å². The minimum Gasteiger partial charge on any atom is -0.392 e. The smallest absolute Gasteiger partial charge is 0.230 e. The van der Waals surface area contributed by atoms with E-state index in [1.807, 2.05) is 36.4 Å². The second kappa shape index (κ2) is 7.75. The van der Waals surface area contributed by atoms with E-state index in [4.69, 9.17) is 5.11 Å². The van der Waals surface area contributed by atoms with Crippen molar-refractivity contribution in [3.05, 3.63) is 42.6 Å². The minimum atomic E-state index is -0.545. The Balaban J connectivity index is 1.94. The fourth-order valence-corrected chi connectivity index (χ4v) is 2.28. The van der Waals surface area contributed by atoms with Gasteiger partial charge in [-0.1, -0.05) is 42.1 Å². The number of nitrogens with zero attached hydrogens (tertiary/aromatic N) is 2. The van der Waals surface area contributed by atoms with Crippen LogP contribution in [0.2, 0.25) is 0 Å². The van der Waals surface area contributed by atoms with Crippen LogP contribution in [0.15, 0.2) is 47.8 Å². The molecule has 0 saturated carbocycles. The molecule has 6 heteroatoms. The molecule has 5 nitrogen and oxygen atoms in total. The topological polar surface area (TPSA) is 75.1 Å². The van der Waals surface area contributed by atoms with Crippen molar-refractivity contribution in [2.45, 2.75) is 18.2 Å². The van der Waals surface area contributed by atoms with E-state index in [-0.39, 0.29) is 18.2 Å². The number of carbonyl (C=O) groups excluding carboxylic acids is 1. The molecule has 2 rings (SSSR count). The van der Waals surface area contributed by atoms with Crippen molar-refractivity contribution in [1.82, 2.24) is 15.3 Å². The van der Waals surface area contributed by atoms with Crippen molar-refractivity contribution < 1.29 is 9.90 Å². The SMILES string of the molecule is CC(O)CNC(=O)CSc1nccc(-c2ccccc2)n1. The van der Waals surface area contributed by atoms with E-state index < -0.39 is 6.10 Å². The van der Waals surface area contributed by atoms with Gasteiger partial charge in [-0.2, -0.15) is 0 Å². The Labute approximate surface area is 127 Å². The van der Waals surface area contributed by atoms with Crippen LogP contribution in [0, 0.1) is 0 Å². The van der Waals surface area contributed by atoms with Gasteiger partial charge < -0.3 is 10.4 Å². The highest BCUT2D eigenvalue weighted by molar-refractivity contribution is 7.99. The third kappa shape index (κ3) is 5.17. The lowest BCUT2D eigenvalue weighted by atomic mass is 10.1. The molecule has 0 fully saturated rings. The molecule has 21 heavy (non-hydrogen) atoms. The number of amides is 1. The number of thioether (sulfide) groups is 1. The van der Waals surface area contributed by atoms with Crippen LogP contribution in [-0.4, -0.2) is 39.4 Å². The molecule has 0 aliphatic heterocycles. The Hall–Kier alpha value is -1.92. The predicted molar refractivity (Wildman–Crippen MR) is 82.9 cm³/mol. The number of hydrogen-bond donors (Lipinski definition) is 2. The molecule has 1 aromatic carbocycles. The van der Waals surface area contributed by atoms with Crippen LogP contribution < -0.4 is 5.32 Å². The maximum Gasteiger partial charge on any atom is 0.230 e. The van der Waals surface area contributed by atoms with E-state index in [1.54, 1.807) is 13.1 Å². The summed E-state index contributed by atoms with van der Waals surface area (Å²) >= 11 is 1.27. The second-order valence-electron chi connectivity index (χ2n) is 4.53. The molecule has 1 aromatic heterocycles. The van der Waals surface area contributed by atoms with Gasteiger partial charge in [0.25, 0.3) is 0 Å². The number of carbonyl (C=O) groups is 1. The molecule has 1 amide bonds. The van der Waals surface area contributed by atoms with Crippen LogP contribution in [0.25, 0.3) is 11.3 Å². The fraction of sp³-hybridized carbons (Fsp3) is 0.267. The van der Waals surface area contributed by atoms with Crippen LogP contribution in [0.5, 0.6) is 0 Å². The number of aliphatic hydroxyl groups is 1. The maximum absolute atomic E-state index is 11.6. The molecule has 0 aliphatic carbocycles. The largest absolute Gasteiger partial charge is 0.392 e. The summed E-state index contributed by atoms with van der Waals surface area (Å²) in [6.07, 6.45) is 1.14. The zero-order valence-corrected chi connectivity index (χ0v) is 12.5. The van der Waals surface area contributed by atoms with E-state index in [2.05, 4.69) is 15.3 Å². The lowest BCUT2D eigenvalue weighted by Crippen LogP contribution is -2.31. The number of benzene rings is 1. The Bertz CT molecular complexity index is 590. The standard InChI is InChI=1S/C15H17N3O2S/c1-11(19)9-17-14(20)10-21-15-16-8-7-13(18-15)12-5-3-2-4-6-12/h2-8,11,19H,9-10H2,1H3,(H,17,20). The molecule has 0 aliphatic rings. The highest BCUT2D eigenvalue weighted by Crippen LogP contribution is 2.19. The average molecular weight is 303 g/mol. The molecule has 0 bridgehead atoms. The van der Waals surface area contributed by atoms with Gasteiger partial charge in [0.15, 0.2) is 5.16 Å². The normalized spacial score (nSPS) is 11.9. The first-order chi connectivity index (χ1) is 10.1. The number of aliphatic hydroxyl groups excluding tert-OH is 1. The van der Waals surface area contributed by atoms with Crippen LogP contribution in [0.3, 0.4) is 0 Å². The maximum atomic E-state index is 11.6. The highest BCUT2D eigenvalue weighted by Gasteiger charge is 2.07. The quantitative estimate of drug-likeness (QED) is 0.628. The molecule has 1 atom stereocenters. The predicted octanol–water partition coefficient (Wildman–Crippen LogP) is 1.73. The number of hydrogen-bond acceptors (Lipinski definition) is 5. The van der Waals surface area contributed by atoms with Gasteiger partial charge in [0.2, 0.25) is 5.91 Å². The summed E-state index contributed by atoms with van der Waals surface area (Å²) in [5.41, 5.74) is 1.85. The van der Waals surface area contributed by atoms with E-state index in [1.165, 1.54) is 11.8 Å². The molecular formula is C15H17N3O2S. The van der Waals surface area contributed by atoms with Crippen LogP contribution >= 0.6 is 11.8 Å². The third-order valence-electron chi connectivity index (χ3n) is 2.63. The van der Waals surface area contributed by atoms with Gasteiger partial charge in [0.05, 0.1) is 17.6 Å². The molecule has 1 unspecified atom stereocenters. The zero-order chi connectivity index (χ0) is 15.1. The van der Waals surface area contributed by atoms with E-state index in [9.17, 15) is 4.79 Å². The summed E-state index contributed by atoms with van der Waals surface area (Å²) in [7, 11) is 0. The first-order valence-electron chi connectivity index (χ1n) is 6.61. The van der Waals surface area contributed by atoms with Gasteiger partial charge in [-0.15, -0.1) is 0 Å². The molecule has 2 aromatic rings. The molecule has 0 radical (unpaired) electrons. The lowest BCUT2D eigenvalue weighted by Gasteiger charge is -2.07. The zero-order valence-electron chi connectivity index (χ0n) is 11.7. The summed E-state index contributed by atoms with van der Waals surface area (Å²) < 4.78 is 0. The van der Waals surface area contributed by atoms with E-state index in [0.717, 1.165) is 11.3 Å². The Morgan fingerprint density at radius 1 is 1.33 bits per heavy atom. The van der Waals surface area contributed by atoms with Crippen LogP contribution in [0.1, 0.15) is 6.92 Å². The van der Waals surface area contributed by atoms with E-state index in [0.29, 0.717) is 5.16 Å². The van der Waals surface area contributed by atoms with Gasteiger partial charge in [-0.3, -0.25) is 4.79 Å². The minimum absolute atomic E-state index is 0.144. The number of nitrogens with one attached hydrogen (secondary N) is 1. The first kappa shape index (κ1) is 15.5. The second-order valence-corrected chi connectivity index (χ2v) is 5.47. The molecule has 0 spiro atoms. The average Bonchev–Trinajstić information content (AvgIpc) is 2.52. The Morgan fingerprint density at radius 3 is 2.81 bits per heavy atom. The summed E-state index contributed by atoms with van der Waals surface area (Å²) in [5.74, 6) is 0.0833. The van der Waals surface area contributed by atoms with Gasteiger partial charge in [-0.25, -0.2) is 9.97 Å². The molecule has 0 saturated heterocycles. The molecule has 1 heterocycles. The van der Waals surface area contributed by atoms with Gasteiger partial charge in [-0.05, 0) is 13.0 Å². The highest BCUT2D eigenvalue weighted by atomic mass is 32.2. The molecule has 2 N–H and O–H groups in total. The summed E-state index contributed by atoms with van der Waals surface area (Å²) in [6, 6.07) is 11.7. The Kier molecular flexibility index (Phi) is 5.71. The fourth-order valence-electron chi connectivity index (χ4n) is 1.62. The van der Waals surface area contributed by atoms with E-state index >= 15 is 0 Å². The van der Waals surface area contributed by atoms with Crippen molar-refractivity contribution in [2.24, 2.45) is 0 Å². The summed E-state index contributed by atoms with van der Waals surface area (Å²) in [4.78, 5) is 20.2. The Morgan fingerprint density at radius 2 is 2.10 bits per heavy atom. The van der Waals surface area contributed by atoms with Crippen LogP contribution in [0.4, 0.5) is 0 Å². The number of rotatable bonds is 6. The van der Waals surface area contributed by atoms with Crippen molar-refractivity contribution in [3.8, 4) is 11.3 Å².